The summed E-state index contributed by atoms with van der Waals surface area (Å²) in [6, 6.07) is 3.35. The lowest BCUT2D eigenvalue weighted by atomic mass is 10.1. The van der Waals surface area contributed by atoms with Crippen molar-refractivity contribution in [2.45, 2.75) is 13.3 Å². The van der Waals surface area contributed by atoms with Gasteiger partial charge in [-0.15, -0.1) is 0 Å². The van der Waals surface area contributed by atoms with E-state index in [0.29, 0.717) is 24.3 Å². The predicted molar refractivity (Wildman–Crippen MR) is 78.0 cm³/mol. The Kier molecular flexibility index (Phi) is 5.34. The molecule has 0 aliphatic heterocycles. The summed E-state index contributed by atoms with van der Waals surface area (Å²) in [5.74, 6) is -0.614. The Hall–Kier alpha value is -1.80. The average Bonchev–Trinajstić information content (AvgIpc) is 2.36. The van der Waals surface area contributed by atoms with Crippen molar-refractivity contribution >= 4 is 27.4 Å². The van der Waals surface area contributed by atoms with Crippen molar-refractivity contribution < 1.29 is 17.9 Å². The molecule has 0 unspecified atom stereocenters. The summed E-state index contributed by atoms with van der Waals surface area (Å²) in [6.07, 6.45) is 0.371. The summed E-state index contributed by atoms with van der Waals surface area (Å²) in [5, 5.41) is 7.93. The van der Waals surface area contributed by atoms with E-state index in [1.54, 1.807) is 19.1 Å². The van der Waals surface area contributed by atoms with Crippen LogP contribution in [0.4, 0.5) is 11.4 Å². The maximum absolute atomic E-state index is 11.6. The fourth-order valence-corrected chi connectivity index (χ4v) is 2.23. The third kappa shape index (κ3) is 4.71. The van der Waals surface area contributed by atoms with Gasteiger partial charge in [-0.3, -0.25) is 0 Å². The van der Waals surface area contributed by atoms with Crippen molar-refractivity contribution in [3.63, 3.8) is 0 Å². The molecule has 0 atom stereocenters. The number of hydrogen-bond acceptors (Lipinski definition) is 6. The van der Waals surface area contributed by atoms with Crippen molar-refractivity contribution in [1.29, 1.82) is 0 Å². The smallest absolute Gasteiger partial charge is 0.340 e. The Bertz CT molecular complexity index is 599. The molecule has 0 saturated carbocycles. The fourth-order valence-electron chi connectivity index (χ4n) is 1.69. The molecule has 0 radical (unpaired) electrons. The number of esters is 1. The number of carbonyl (C=O) groups is 1. The quantitative estimate of drug-likeness (QED) is 0.398. The van der Waals surface area contributed by atoms with Gasteiger partial charge in [-0.2, -0.15) is 0 Å². The van der Waals surface area contributed by atoms with E-state index in [1.807, 2.05) is 0 Å². The molecule has 5 N–H and O–H groups in total. The number of rotatable bonds is 6. The Morgan fingerprint density at radius 1 is 1.40 bits per heavy atom. The lowest BCUT2D eigenvalue weighted by Crippen LogP contribution is -2.18. The number of benzene rings is 1. The number of sulfonamides is 1. The van der Waals surface area contributed by atoms with Crippen LogP contribution in [0.2, 0.25) is 0 Å². The molecule has 7 nitrogen and oxygen atoms in total. The molecule has 8 heteroatoms. The summed E-state index contributed by atoms with van der Waals surface area (Å²) >= 11 is 0. The van der Waals surface area contributed by atoms with E-state index in [-0.39, 0.29) is 11.3 Å². The maximum atomic E-state index is 11.6. The van der Waals surface area contributed by atoms with E-state index in [9.17, 15) is 13.2 Å². The second kappa shape index (κ2) is 6.58. The van der Waals surface area contributed by atoms with Crippen LogP contribution in [-0.2, 0) is 14.8 Å². The van der Waals surface area contributed by atoms with Gasteiger partial charge in [0.05, 0.1) is 18.4 Å². The molecule has 1 rings (SSSR count). The van der Waals surface area contributed by atoms with Gasteiger partial charge in [0.15, 0.2) is 0 Å². The Labute approximate surface area is 118 Å². The van der Waals surface area contributed by atoms with E-state index < -0.39 is 16.0 Å². The molecule has 0 amide bonds. The van der Waals surface area contributed by atoms with Crippen LogP contribution < -0.4 is 16.2 Å². The number of aryl methyl sites for hydroxylation is 1. The molecule has 20 heavy (non-hydrogen) atoms. The molecule has 0 aliphatic rings. The third-order valence-corrected chi connectivity index (χ3v) is 3.58. The minimum atomic E-state index is -3.45. The van der Waals surface area contributed by atoms with Gasteiger partial charge >= 0.3 is 5.97 Å². The predicted octanol–water partition coefficient (Wildman–Crippen LogP) is 0.454. The van der Waals surface area contributed by atoms with Crippen LogP contribution in [-0.4, -0.2) is 33.8 Å². The molecular formula is C12H19N3O4S. The van der Waals surface area contributed by atoms with Gasteiger partial charge in [-0.25, -0.2) is 18.4 Å². The molecule has 0 bridgehead atoms. The van der Waals surface area contributed by atoms with E-state index in [4.69, 9.17) is 10.9 Å². The molecule has 0 aromatic heterocycles. The largest absolute Gasteiger partial charge is 0.465 e. The van der Waals surface area contributed by atoms with Crippen molar-refractivity contribution in [3.8, 4) is 0 Å². The van der Waals surface area contributed by atoms with Gasteiger partial charge in [0.2, 0.25) is 10.0 Å². The number of hydrogen-bond donors (Lipinski definition) is 3. The second-order valence-electron chi connectivity index (χ2n) is 4.39. The minimum absolute atomic E-state index is 0.0994. The number of carbonyl (C=O) groups excluding carboxylic acids is 1. The van der Waals surface area contributed by atoms with Crippen LogP contribution in [0.3, 0.4) is 0 Å². The molecule has 0 saturated heterocycles. The number of methoxy groups -OCH3 is 1. The lowest BCUT2D eigenvalue weighted by molar-refractivity contribution is 0.0602. The summed E-state index contributed by atoms with van der Waals surface area (Å²) < 4.78 is 26.2. The number of ether oxygens (including phenoxy) is 1. The van der Waals surface area contributed by atoms with E-state index in [0.717, 1.165) is 5.56 Å². The zero-order chi connectivity index (χ0) is 15.3. The minimum Gasteiger partial charge on any atom is -0.465 e. The highest BCUT2D eigenvalue weighted by molar-refractivity contribution is 7.89. The second-order valence-corrected chi connectivity index (χ2v) is 6.13. The van der Waals surface area contributed by atoms with Crippen LogP contribution in [0.15, 0.2) is 12.1 Å². The zero-order valence-corrected chi connectivity index (χ0v) is 12.3. The highest BCUT2D eigenvalue weighted by atomic mass is 32.2. The van der Waals surface area contributed by atoms with E-state index >= 15 is 0 Å². The van der Waals surface area contributed by atoms with Gasteiger partial charge in [0.25, 0.3) is 0 Å². The van der Waals surface area contributed by atoms with Crippen molar-refractivity contribution in [1.82, 2.24) is 0 Å². The summed E-state index contributed by atoms with van der Waals surface area (Å²) in [6.45, 7) is 2.19. The number of anilines is 2. The Balaban J connectivity index is 2.77. The van der Waals surface area contributed by atoms with Crippen LogP contribution in [0.5, 0.6) is 0 Å². The van der Waals surface area contributed by atoms with Crippen LogP contribution in [0.25, 0.3) is 0 Å². The highest BCUT2D eigenvalue weighted by Gasteiger charge is 2.13. The summed E-state index contributed by atoms with van der Waals surface area (Å²) in [7, 11) is -2.17. The Morgan fingerprint density at radius 2 is 2.05 bits per heavy atom. The van der Waals surface area contributed by atoms with Crippen LogP contribution in [0.1, 0.15) is 22.3 Å². The van der Waals surface area contributed by atoms with Gasteiger partial charge in [-0.05, 0) is 31.0 Å². The lowest BCUT2D eigenvalue weighted by Gasteiger charge is -2.12. The Morgan fingerprint density at radius 3 is 2.60 bits per heavy atom. The van der Waals surface area contributed by atoms with Gasteiger partial charge in [-0.1, -0.05) is 0 Å². The molecule has 1 aromatic rings. The van der Waals surface area contributed by atoms with Crippen LogP contribution in [0, 0.1) is 6.92 Å². The number of nitrogen functional groups attached to an aromatic ring is 1. The van der Waals surface area contributed by atoms with Crippen molar-refractivity contribution in [2.75, 3.05) is 30.5 Å². The summed E-state index contributed by atoms with van der Waals surface area (Å²) in [5.41, 5.74) is 7.87. The molecule has 0 heterocycles. The summed E-state index contributed by atoms with van der Waals surface area (Å²) in [4.78, 5) is 11.6. The van der Waals surface area contributed by atoms with Gasteiger partial charge < -0.3 is 15.8 Å². The number of nitrogens with one attached hydrogen (secondary N) is 1. The van der Waals surface area contributed by atoms with Crippen molar-refractivity contribution in [2.24, 2.45) is 5.14 Å². The van der Waals surface area contributed by atoms with Gasteiger partial charge in [0, 0.05) is 17.9 Å². The number of primary sulfonamides is 1. The van der Waals surface area contributed by atoms with Crippen molar-refractivity contribution in [3.05, 3.63) is 23.3 Å². The zero-order valence-electron chi connectivity index (χ0n) is 11.5. The normalized spacial score (nSPS) is 11.2. The topological polar surface area (TPSA) is 125 Å². The fraction of sp³-hybridized carbons (Fsp3) is 0.417. The average molecular weight is 301 g/mol. The third-order valence-electron chi connectivity index (χ3n) is 2.73. The van der Waals surface area contributed by atoms with E-state index in [1.165, 1.54) is 7.11 Å². The SMILES string of the molecule is COC(=O)c1cc(NCCCS(N)(=O)=O)cc(C)c1N. The molecule has 112 valence electrons. The van der Waals surface area contributed by atoms with E-state index in [2.05, 4.69) is 10.1 Å². The standard InChI is InChI=1S/C12H19N3O4S/c1-8-6-9(15-4-3-5-20(14,17)18)7-10(11(8)13)12(16)19-2/h6-7,15H,3-5,13H2,1-2H3,(H2,14,17,18). The molecule has 1 aromatic carbocycles. The highest BCUT2D eigenvalue weighted by Crippen LogP contribution is 2.23. The molecule has 0 fully saturated rings. The van der Waals surface area contributed by atoms with Gasteiger partial charge in [0.1, 0.15) is 0 Å². The molecular weight excluding hydrogens is 282 g/mol. The molecule has 0 spiro atoms. The molecule has 0 aliphatic carbocycles. The monoisotopic (exact) mass is 301 g/mol. The first-order chi connectivity index (χ1) is 9.24. The first kappa shape index (κ1) is 16.3. The first-order valence-corrected chi connectivity index (χ1v) is 7.69. The first-order valence-electron chi connectivity index (χ1n) is 5.97. The van der Waals surface area contributed by atoms with Crippen LogP contribution >= 0.6 is 0 Å². The number of nitrogens with two attached hydrogens (primary N) is 2. The maximum Gasteiger partial charge on any atom is 0.340 e.